The Morgan fingerprint density at radius 3 is 1.48 bits per heavy atom. The van der Waals surface area contributed by atoms with Crippen LogP contribution < -0.4 is 5.32 Å². The van der Waals surface area contributed by atoms with E-state index < -0.39 is 20.0 Å². The number of carbonyl (C=O) groups excluding carboxylic acids is 1. The average Bonchev–Trinajstić information content (AvgIpc) is 3.23. The summed E-state index contributed by atoms with van der Waals surface area (Å²) in [7, 11) is 1.54. The molecule has 0 saturated carbocycles. The van der Waals surface area contributed by atoms with Crippen LogP contribution in [-0.2, 0) is 18.4 Å². The van der Waals surface area contributed by atoms with Crippen molar-refractivity contribution < 1.29 is 32.9 Å². The number of hydrogen-bond donors (Lipinski definition) is 3. The van der Waals surface area contributed by atoms with Gasteiger partial charge in [-0.25, -0.2) is 4.57 Å². The molecule has 0 aromatic carbocycles. The van der Waals surface area contributed by atoms with Crippen LogP contribution in [0, 0.1) is 0 Å². The normalized spacial score (nSPS) is 14.9. The zero-order valence-electron chi connectivity index (χ0n) is 40.6. The number of nitrogens with zero attached hydrogens (tertiary/aromatic N) is 1. The highest BCUT2D eigenvalue weighted by Crippen LogP contribution is 2.43. The summed E-state index contributed by atoms with van der Waals surface area (Å²) in [6, 6.07) is -0.866. The summed E-state index contributed by atoms with van der Waals surface area (Å²) in [4.78, 5) is 23.1. The Balaban J connectivity index is 4.17. The number of amides is 1. The average molecular weight is 888 g/mol. The molecular weight excluding hydrogens is 792 g/mol. The summed E-state index contributed by atoms with van der Waals surface area (Å²) in [6.07, 6.45) is 61.0. The zero-order chi connectivity index (χ0) is 45.7. The van der Waals surface area contributed by atoms with Crippen molar-refractivity contribution in [3.8, 4) is 0 Å². The van der Waals surface area contributed by atoms with Crippen molar-refractivity contribution in [1.82, 2.24) is 5.32 Å². The fraction of sp³-hybridized carbons (Fsp3) is 0.717. The number of phosphoric acid groups is 1. The van der Waals surface area contributed by atoms with Crippen LogP contribution in [-0.4, -0.2) is 73.4 Å². The third-order valence-electron chi connectivity index (χ3n) is 10.6. The van der Waals surface area contributed by atoms with Crippen molar-refractivity contribution in [3.63, 3.8) is 0 Å². The summed E-state index contributed by atoms with van der Waals surface area (Å²) in [5, 5.41) is 13.8. The summed E-state index contributed by atoms with van der Waals surface area (Å²) in [5.74, 6) is -0.194. The van der Waals surface area contributed by atoms with Crippen LogP contribution in [0.1, 0.15) is 194 Å². The van der Waals surface area contributed by atoms with Gasteiger partial charge in [-0.15, -0.1) is 0 Å². The molecule has 0 aliphatic heterocycles. The highest BCUT2D eigenvalue weighted by atomic mass is 31.2. The molecule has 0 heterocycles. The summed E-state index contributed by atoms with van der Waals surface area (Å²) in [5.41, 5.74) is 0. The first kappa shape index (κ1) is 59.7. The van der Waals surface area contributed by atoms with E-state index in [2.05, 4.69) is 92.1 Å². The van der Waals surface area contributed by atoms with Crippen LogP contribution in [0.5, 0.6) is 0 Å². The largest absolute Gasteiger partial charge is 0.472 e. The fourth-order valence-corrected chi connectivity index (χ4v) is 7.41. The molecule has 0 aromatic rings. The van der Waals surface area contributed by atoms with Crippen LogP contribution >= 0.6 is 7.82 Å². The topological polar surface area (TPSA) is 105 Å². The van der Waals surface area contributed by atoms with E-state index >= 15 is 0 Å². The van der Waals surface area contributed by atoms with Crippen LogP contribution in [0.15, 0.2) is 85.1 Å². The van der Waals surface area contributed by atoms with Crippen LogP contribution in [0.3, 0.4) is 0 Å². The van der Waals surface area contributed by atoms with Gasteiger partial charge in [0.15, 0.2) is 0 Å². The van der Waals surface area contributed by atoms with Gasteiger partial charge in [0.05, 0.1) is 39.9 Å². The van der Waals surface area contributed by atoms with E-state index in [0.29, 0.717) is 17.4 Å². The van der Waals surface area contributed by atoms with Crippen molar-refractivity contribution in [3.05, 3.63) is 85.1 Å². The maximum Gasteiger partial charge on any atom is 0.472 e. The Labute approximate surface area is 382 Å². The Morgan fingerprint density at radius 1 is 0.565 bits per heavy atom. The van der Waals surface area contributed by atoms with Crippen molar-refractivity contribution >= 4 is 13.7 Å². The molecule has 0 rings (SSSR count). The minimum Gasteiger partial charge on any atom is -0.387 e. The summed E-state index contributed by atoms with van der Waals surface area (Å²) < 4.78 is 23.5. The molecule has 0 fully saturated rings. The number of quaternary nitrogens is 1. The maximum atomic E-state index is 12.9. The summed E-state index contributed by atoms with van der Waals surface area (Å²) >= 11 is 0. The third kappa shape index (κ3) is 45.7. The van der Waals surface area contributed by atoms with Gasteiger partial charge in [-0.2, -0.15) is 0 Å². The molecule has 0 radical (unpaired) electrons. The number of nitrogens with one attached hydrogen (secondary N) is 1. The van der Waals surface area contributed by atoms with Crippen LogP contribution in [0.2, 0.25) is 0 Å². The second-order valence-corrected chi connectivity index (χ2v) is 19.3. The SMILES string of the molecule is CC/C=C\C/C=C\C/C=C\C/C=C\C/C=C\CCCCCCCCCCCCCCCC(=O)NC(COP(=O)(O)OCC[N+](C)(C)C)C(O)/C=C/CC/C=C/CCCCCCC. The van der Waals surface area contributed by atoms with E-state index in [0.717, 1.165) is 70.6 Å². The Morgan fingerprint density at radius 2 is 0.984 bits per heavy atom. The number of unbranched alkanes of at least 4 members (excludes halogenated alkanes) is 19. The minimum atomic E-state index is -4.35. The Kier molecular flexibility index (Phi) is 42.3. The van der Waals surface area contributed by atoms with Gasteiger partial charge in [0.1, 0.15) is 13.2 Å². The molecule has 358 valence electrons. The monoisotopic (exact) mass is 888 g/mol. The molecule has 9 heteroatoms. The molecule has 3 N–H and O–H groups in total. The van der Waals surface area contributed by atoms with Gasteiger partial charge in [-0.3, -0.25) is 13.8 Å². The number of hydrogen-bond acceptors (Lipinski definition) is 5. The lowest BCUT2D eigenvalue weighted by molar-refractivity contribution is -0.870. The predicted octanol–water partition coefficient (Wildman–Crippen LogP) is 14.5. The van der Waals surface area contributed by atoms with E-state index in [1.165, 1.54) is 103 Å². The molecule has 0 aromatic heterocycles. The van der Waals surface area contributed by atoms with Gasteiger partial charge in [0.25, 0.3) is 0 Å². The highest BCUT2D eigenvalue weighted by Gasteiger charge is 2.27. The van der Waals surface area contributed by atoms with Crippen molar-refractivity contribution in [2.24, 2.45) is 0 Å². The van der Waals surface area contributed by atoms with Gasteiger partial charge < -0.3 is 19.8 Å². The zero-order valence-corrected chi connectivity index (χ0v) is 41.5. The quantitative estimate of drug-likeness (QED) is 0.0244. The molecule has 3 unspecified atom stereocenters. The number of likely N-dealkylation sites (N-methyl/N-ethyl adjacent to an activating group) is 1. The smallest absolute Gasteiger partial charge is 0.387 e. The lowest BCUT2D eigenvalue weighted by Crippen LogP contribution is -2.45. The second-order valence-electron chi connectivity index (χ2n) is 17.8. The molecule has 8 nitrogen and oxygen atoms in total. The first-order chi connectivity index (χ1) is 30.0. The van der Waals surface area contributed by atoms with Gasteiger partial charge >= 0.3 is 7.82 Å². The van der Waals surface area contributed by atoms with Gasteiger partial charge in [0, 0.05) is 6.42 Å². The van der Waals surface area contributed by atoms with Gasteiger partial charge in [-0.05, 0) is 77.0 Å². The first-order valence-corrected chi connectivity index (χ1v) is 26.5. The minimum absolute atomic E-state index is 0.0525. The summed E-state index contributed by atoms with van der Waals surface area (Å²) in [6.45, 7) is 4.64. The maximum absolute atomic E-state index is 12.9. The molecule has 3 atom stereocenters. The molecule has 0 spiro atoms. The van der Waals surface area contributed by atoms with E-state index in [9.17, 15) is 19.4 Å². The number of rotatable bonds is 44. The molecule has 0 bridgehead atoms. The van der Waals surface area contributed by atoms with Gasteiger partial charge in [0.2, 0.25) is 5.91 Å². The first-order valence-electron chi connectivity index (χ1n) is 25.0. The standard InChI is InChI=1S/C53H95N2O6P/c1-6-8-10-12-14-16-18-19-20-21-22-23-24-25-26-27-28-29-30-31-32-33-34-35-37-39-41-43-45-47-53(57)54-51(50-61-62(58,59)60-49-48-55(3,4)5)52(56)46-44-42-40-38-36-17-15-13-11-9-7-2/h8,10,14,16,19-20,22-23,25-26,36,38,44,46,51-52,56H,6-7,9,11-13,15,17-18,21,24,27-35,37,39-43,45,47-50H2,1-5H3,(H-,54,57,58,59)/p+1/b10-8-,16-14-,20-19-,23-22-,26-25-,38-36+,46-44+. The van der Waals surface area contributed by atoms with Crippen LogP contribution in [0.4, 0.5) is 0 Å². The van der Waals surface area contributed by atoms with E-state index in [4.69, 9.17) is 9.05 Å². The molecule has 0 aliphatic carbocycles. The fourth-order valence-electron chi connectivity index (χ4n) is 6.67. The number of allylic oxidation sites excluding steroid dienone is 13. The lowest BCUT2D eigenvalue weighted by atomic mass is 10.0. The molecular formula is C53H96N2O6P+. The third-order valence-corrected chi connectivity index (χ3v) is 11.6. The molecule has 62 heavy (non-hydrogen) atoms. The van der Waals surface area contributed by atoms with Gasteiger partial charge in [-0.1, -0.05) is 195 Å². The molecule has 0 aliphatic rings. The Hall–Kier alpha value is -2.32. The Bertz CT molecular complexity index is 1280. The second kappa shape index (κ2) is 43.9. The van der Waals surface area contributed by atoms with Crippen LogP contribution in [0.25, 0.3) is 0 Å². The van der Waals surface area contributed by atoms with Crippen molar-refractivity contribution in [2.75, 3.05) is 40.9 Å². The number of phosphoric ester groups is 1. The number of carbonyl (C=O) groups is 1. The van der Waals surface area contributed by atoms with Crippen molar-refractivity contribution in [1.29, 1.82) is 0 Å². The van der Waals surface area contributed by atoms with E-state index in [-0.39, 0.29) is 19.1 Å². The van der Waals surface area contributed by atoms with E-state index in [1.54, 1.807) is 6.08 Å². The number of aliphatic hydroxyl groups excluding tert-OH is 1. The van der Waals surface area contributed by atoms with E-state index in [1.807, 2.05) is 27.2 Å². The molecule has 1 amide bonds. The van der Waals surface area contributed by atoms with Crippen molar-refractivity contribution in [2.45, 2.75) is 206 Å². The molecule has 0 saturated heterocycles. The highest BCUT2D eigenvalue weighted by molar-refractivity contribution is 7.47. The lowest BCUT2D eigenvalue weighted by Gasteiger charge is -2.25. The predicted molar refractivity (Wildman–Crippen MR) is 267 cm³/mol. The number of aliphatic hydroxyl groups is 1.